The summed E-state index contributed by atoms with van der Waals surface area (Å²) in [6.07, 6.45) is 0. The molecule has 0 saturated carbocycles. The predicted octanol–water partition coefficient (Wildman–Crippen LogP) is 3.32. The summed E-state index contributed by atoms with van der Waals surface area (Å²) in [5, 5.41) is 2.80. The molecule has 120 valence electrons. The van der Waals surface area contributed by atoms with E-state index >= 15 is 0 Å². The highest BCUT2D eigenvalue weighted by molar-refractivity contribution is 6.00. The molecule has 2 aromatic carbocycles. The summed E-state index contributed by atoms with van der Waals surface area (Å²) in [7, 11) is 1.64. The van der Waals surface area contributed by atoms with Gasteiger partial charge >= 0.3 is 0 Å². The van der Waals surface area contributed by atoms with Crippen LogP contribution in [-0.2, 0) is 4.79 Å². The minimum atomic E-state index is -0.213. The third-order valence-electron chi connectivity index (χ3n) is 3.69. The number of hydrogen-bond acceptors (Lipinski definition) is 2. The van der Waals surface area contributed by atoms with E-state index in [-0.39, 0.29) is 18.4 Å². The van der Waals surface area contributed by atoms with Crippen molar-refractivity contribution in [2.45, 2.75) is 20.8 Å². The Balaban J connectivity index is 2.01. The molecule has 0 aliphatic carbocycles. The van der Waals surface area contributed by atoms with Crippen LogP contribution in [0.5, 0.6) is 0 Å². The summed E-state index contributed by atoms with van der Waals surface area (Å²) in [6.45, 7) is 5.84. The lowest BCUT2D eigenvalue weighted by molar-refractivity contribution is -0.116. The van der Waals surface area contributed by atoms with Crippen molar-refractivity contribution >= 4 is 17.5 Å². The average molecular weight is 310 g/mol. The van der Waals surface area contributed by atoms with Crippen LogP contribution in [0.3, 0.4) is 0 Å². The van der Waals surface area contributed by atoms with E-state index < -0.39 is 0 Å². The number of nitrogens with one attached hydrogen (secondary N) is 1. The molecule has 0 aliphatic rings. The number of nitrogens with zero attached hydrogens (tertiary/aromatic N) is 1. The average Bonchev–Trinajstić information content (AvgIpc) is 2.51. The highest BCUT2D eigenvalue weighted by atomic mass is 16.2. The summed E-state index contributed by atoms with van der Waals surface area (Å²) in [5.41, 5.74) is 4.43. The van der Waals surface area contributed by atoms with E-state index in [1.54, 1.807) is 7.05 Å². The first-order valence-electron chi connectivity index (χ1n) is 7.56. The first-order chi connectivity index (χ1) is 10.9. The normalized spacial score (nSPS) is 10.3. The Morgan fingerprint density at radius 2 is 1.57 bits per heavy atom. The summed E-state index contributed by atoms with van der Waals surface area (Å²) in [6, 6.07) is 13.3. The van der Waals surface area contributed by atoms with Gasteiger partial charge in [-0.15, -0.1) is 0 Å². The molecule has 0 bridgehead atoms. The van der Waals surface area contributed by atoms with Gasteiger partial charge in [0.1, 0.15) is 0 Å². The van der Waals surface area contributed by atoms with E-state index in [1.807, 2.05) is 63.2 Å². The summed E-state index contributed by atoms with van der Waals surface area (Å²) in [4.78, 5) is 26.0. The van der Waals surface area contributed by atoms with Crippen LogP contribution in [0.4, 0.5) is 5.69 Å². The topological polar surface area (TPSA) is 49.4 Å². The molecule has 0 saturated heterocycles. The molecule has 2 amide bonds. The molecule has 0 unspecified atom stereocenters. The quantitative estimate of drug-likeness (QED) is 0.941. The zero-order valence-corrected chi connectivity index (χ0v) is 14.0. The monoisotopic (exact) mass is 310 g/mol. The highest BCUT2D eigenvalue weighted by Gasteiger charge is 2.17. The lowest BCUT2D eigenvalue weighted by Crippen LogP contribution is -2.35. The second-order valence-electron chi connectivity index (χ2n) is 5.89. The summed E-state index contributed by atoms with van der Waals surface area (Å²) in [5.74, 6) is -0.361. The molecule has 0 radical (unpaired) electrons. The van der Waals surface area contributed by atoms with Gasteiger partial charge in [0.15, 0.2) is 0 Å². The van der Waals surface area contributed by atoms with Crippen LogP contribution in [0, 0.1) is 20.8 Å². The van der Waals surface area contributed by atoms with Crippen LogP contribution in [0.15, 0.2) is 42.5 Å². The molecule has 23 heavy (non-hydrogen) atoms. The van der Waals surface area contributed by atoms with Gasteiger partial charge < -0.3 is 10.2 Å². The van der Waals surface area contributed by atoms with Crippen molar-refractivity contribution in [1.82, 2.24) is 4.90 Å². The Kier molecular flexibility index (Phi) is 5.16. The zero-order chi connectivity index (χ0) is 17.0. The van der Waals surface area contributed by atoms with E-state index in [4.69, 9.17) is 0 Å². The van der Waals surface area contributed by atoms with Gasteiger partial charge in [0.2, 0.25) is 5.91 Å². The van der Waals surface area contributed by atoms with Crippen LogP contribution in [-0.4, -0.2) is 30.3 Å². The number of hydrogen-bond donors (Lipinski definition) is 1. The summed E-state index contributed by atoms with van der Waals surface area (Å²) >= 11 is 0. The van der Waals surface area contributed by atoms with Crippen molar-refractivity contribution in [3.8, 4) is 0 Å². The van der Waals surface area contributed by atoms with E-state index in [2.05, 4.69) is 5.32 Å². The minimum Gasteiger partial charge on any atom is -0.332 e. The lowest BCUT2D eigenvalue weighted by Gasteiger charge is -2.18. The van der Waals surface area contributed by atoms with Crippen LogP contribution >= 0.6 is 0 Å². The fourth-order valence-corrected chi connectivity index (χ4v) is 2.30. The van der Waals surface area contributed by atoms with Gasteiger partial charge in [-0.05, 0) is 44.5 Å². The molecule has 0 spiro atoms. The van der Waals surface area contributed by atoms with Gasteiger partial charge in [0.25, 0.3) is 5.91 Å². The number of carbonyl (C=O) groups is 2. The van der Waals surface area contributed by atoms with E-state index in [9.17, 15) is 9.59 Å². The minimum absolute atomic E-state index is 0.0140. The van der Waals surface area contributed by atoms with Crippen LogP contribution in [0.2, 0.25) is 0 Å². The summed E-state index contributed by atoms with van der Waals surface area (Å²) < 4.78 is 0. The maximum absolute atomic E-state index is 12.5. The fraction of sp³-hybridized carbons (Fsp3) is 0.263. The van der Waals surface area contributed by atoms with Crippen LogP contribution in [0.25, 0.3) is 0 Å². The predicted molar refractivity (Wildman–Crippen MR) is 92.7 cm³/mol. The number of rotatable bonds is 4. The standard InChI is InChI=1S/C19H22N2O2/c1-13-6-9-16(10-7-13)20-18(22)12-21(4)19(23)17-11-14(2)5-8-15(17)3/h5-11H,12H2,1-4H3,(H,20,22). The largest absolute Gasteiger partial charge is 0.332 e. The van der Waals surface area contributed by atoms with Gasteiger partial charge in [-0.3, -0.25) is 9.59 Å². The van der Waals surface area contributed by atoms with Crippen molar-refractivity contribution in [3.63, 3.8) is 0 Å². The zero-order valence-electron chi connectivity index (χ0n) is 14.0. The molecular formula is C19H22N2O2. The SMILES string of the molecule is Cc1ccc(NC(=O)CN(C)C(=O)c2cc(C)ccc2C)cc1. The first-order valence-corrected chi connectivity index (χ1v) is 7.56. The van der Waals surface area contributed by atoms with Gasteiger partial charge in [0.05, 0.1) is 6.54 Å². The fourth-order valence-electron chi connectivity index (χ4n) is 2.30. The molecular weight excluding hydrogens is 288 g/mol. The van der Waals surface area contributed by atoms with Crippen molar-refractivity contribution in [1.29, 1.82) is 0 Å². The van der Waals surface area contributed by atoms with Gasteiger partial charge in [-0.25, -0.2) is 0 Å². The van der Waals surface area contributed by atoms with Crippen molar-refractivity contribution in [3.05, 3.63) is 64.7 Å². The maximum Gasteiger partial charge on any atom is 0.254 e. The van der Waals surface area contributed by atoms with Crippen LogP contribution in [0.1, 0.15) is 27.0 Å². The Labute approximate surface area is 137 Å². The van der Waals surface area contributed by atoms with Crippen LogP contribution < -0.4 is 5.32 Å². The van der Waals surface area contributed by atoms with E-state index in [0.29, 0.717) is 5.56 Å². The Bertz CT molecular complexity index is 721. The van der Waals surface area contributed by atoms with Crippen molar-refractivity contribution < 1.29 is 9.59 Å². The Morgan fingerprint density at radius 1 is 0.957 bits per heavy atom. The molecule has 0 aromatic heterocycles. The third kappa shape index (κ3) is 4.42. The molecule has 0 aliphatic heterocycles. The Hall–Kier alpha value is -2.62. The highest BCUT2D eigenvalue weighted by Crippen LogP contribution is 2.13. The lowest BCUT2D eigenvalue weighted by atomic mass is 10.0. The van der Waals surface area contributed by atoms with Crippen molar-refractivity contribution in [2.75, 3.05) is 18.9 Å². The number of aryl methyl sites for hydroxylation is 3. The molecule has 2 aromatic rings. The third-order valence-corrected chi connectivity index (χ3v) is 3.69. The van der Waals surface area contributed by atoms with Gasteiger partial charge in [-0.2, -0.15) is 0 Å². The number of amides is 2. The molecule has 0 fully saturated rings. The number of likely N-dealkylation sites (N-methyl/N-ethyl adjacent to an activating group) is 1. The molecule has 0 heterocycles. The molecule has 0 atom stereocenters. The van der Waals surface area contributed by atoms with E-state index in [0.717, 1.165) is 22.4 Å². The second kappa shape index (κ2) is 7.09. The number of benzene rings is 2. The Morgan fingerprint density at radius 3 is 2.22 bits per heavy atom. The first kappa shape index (κ1) is 16.7. The van der Waals surface area contributed by atoms with Crippen molar-refractivity contribution in [2.24, 2.45) is 0 Å². The van der Waals surface area contributed by atoms with E-state index in [1.165, 1.54) is 4.90 Å². The second-order valence-corrected chi connectivity index (χ2v) is 5.89. The molecule has 4 heteroatoms. The van der Waals surface area contributed by atoms with Gasteiger partial charge in [-0.1, -0.05) is 35.4 Å². The number of carbonyl (C=O) groups excluding carboxylic acids is 2. The molecule has 1 N–H and O–H groups in total. The maximum atomic E-state index is 12.5. The number of anilines is 1. The molecule has 4 nitrogen and oxygen atoms in total. The van der Waals surface area contributed by atoms with Gasteiger partial charge in [0, 0.05) is 18.3 Å². The smallest absolute Gasteiger partial charge is 0.254 e. The molecule has 2 rings (SSSR count).